The number of nitrogens with one attached hydrogen (secondary N) is 1. The van der Waals surface area contributed by atoms with Gasteiger partial charge in [0.1, 0.15) is 0 Å². The first-order chi connectivity index (χ1) is 7.24. The fourth-order valence-electron chi connectivity index (χ4n) is 2.77. The molecule has 2 aliphatic heterocycles. The summed E-state index contributed by atoms with van der Waals surface area (Å²) in [5, 5.41) is 3.52. The predicted octanol–water partition coefficient (Wildman–Crippen LogP) is 2.03. The first kappa shape index (κ1) is 11.2. The van der Waals surface area contributed by atoms with Crippen LogP contribution in [0.25, 0.3) is 0 Å². The minimum absolute atomic E-state index is 0.569. The molecule has 2 heterocycles. The largest absolute Gasteiger partial charge is 0.316 e. The number of nitrogens with zero attached hydrogens (tertiary/aromatic N) is 1. The first-order valence-corrected chi connectivity index (χ1v) is 6.33. The standard InChI is InChI=1S/C13H24N2/c1-3-13(6-7-14-10-13)11-15-8-4-12(2)5-9-15/h4,14H,3,5-11H2,1-2H3. The topological polar surface area (TPSA) is 15.3 Å². The van der Waals surface area contributed by atoms with Crippen LogP contribution in [0.1, 0.15) is 33.1 Å². The lowest BCUT2D eigenvalue weighted by Gasteiger charge is -2.35. The van der Waals surface area contributed by atoms with Crippen LogP contribution in [-0.4, -0.2) is 37.6 Å². The van der Waals surface area contributed by atoms with Gasteiger partial charge in [-0.05, 0) is 38.1 Å². The molecule has 15 heavy (non-hydrogen) atoms. The number of hydrogen-bond acceptors (Lipinski definition) is 2. The highest BCUT2D eigenvalue weighted by Crippen LogP contribution is 2.31. The molecule has 0 amide bonds. The maximum absolute atomic E-state index is 3.52. The van der Waals surface area contributed by atoms with Gasteiger partial charge in [-0.1, -0.05) is 18.6 Å². The molecule has 2 aliphatic rings. The van der Waals surface area contributed by atoms with Crippen LogP contribution in [0, 0.1) is 5.41 Å². The number of rotatable bonds is 3. The van der Waals surface area contributed by atoms with Crippen molar-refractivity contribution >= 4 is 0 Å². The Kier molecular flexibility index (Phi) is 3.47. The van der Waals surface area contributed by atoms with Gasteiger partial charge in [0.2, 0.25) is 0 Å². The van der Waals surface area contributed by atoms with Crippen molar-refractivity contribution in [2.24, 2.45) is 5.41 Å². The summed E-state index contributed by atoms with van der Waals surface area (Å²) in [7, 11) is 0. The zero-order valence-corrected chi connectivity index (χ0v) is 10.2. The SMILES string of the molecule is CCC1(CN2CC=C(C)CC2)CCNC1. The molecule has 1 atom stereocenters. The van der Waals surface area contributed by atoms with Crippen molar-refractivity contribution in [3.63, 3.8) is 0 Å². The van der Waals surface area contributed by atoms with Crippen molar-refractivity contribution in [2.45, 2.75) is 33.1 Å². The molecule has 1 N–H and O–H groups in total. The van der Waals surface area contributed by atoms with Gasteiger partial charge in [0, 0.05) is 26.2 Å². The van der Waals surface area contributed by atoms with E-state index in [2.05, 4.69) is 30.1 Å². The second-order valence-electron chi connectivity index (χ2n) is 5.32. The van der Waals surface area contributed by atoms with Crippen LogP contribution in [0.15, 0.2) is 11.6 Å². The molecule has 2 rings (SSSR count). The highest BCUT2D eigenvalue weighted by Gasteiger charge is 2.33. The summed E-state index contributed by atoms with van der Waals surface area (Å²) in [4.78, 5) is 2.63. The summed E-state index contributed by atoms with van der Waals surface area (Å²) in [6, 6.07) is 0. The molecule has 0 aromatic carbocycles. The lowest BCUT2D eigenvalue weighted by Crippen LogP contribution is -2.40. The Hall–Kier alpha value is -0.340. The summed E-state index contributed by atoms with van der Waals surface area (Å²) < 4.78 is 0. The lowest BCUT2D eigenvalue weighted by molar-refractivity contribution is 0.167. The Bertz CT molecular complexity index is 239. The fourth-order valence-corrected chi connectivity index (χ4v) is 2.77. The monoisotopic (exact) mass is 208 g/mol. The molecule has 0 spiro atoms. The summed E-state index contributed by atoms with van der Waals surface area (Å²) in [5.41, 5.74) is 2.14. The van der Waals surface area contributed by atoms with Gasteiger partial charge in [-0.2, -0.15) is 0 Å². The van der Waals surface area contributed by atoms with Gasteiger partial charge in [-0.25, -0.2) is 0 Å². The summed E-state index contributed by atoms with van der Waals surface area (Å²) in [5.74, 6) is 0. The zero-order chi connectivity index (χ0) is 10.7. The van der Waals surface area contributed by atoms with E-state index in [1.54, 1.807) is 5.57 Å². The molecule has 0 aliphatic carbocycles. The molecule has 1 unspecified atom stereocenters. The maximum Gasteiger partial charge on any atom is 0.0166 e. The van der Waals surface area contributed by atoms with Crippen LogP contribution in [-0.2, 0) is 0 Å². The molecule has 2 heteroatoms. The third-order valence-electron chi connectivity index (χ3n) is 4.16. The molecule has 0 aromatic rings. The minimum atomic E-state index is 0.569. The van der Waals surface area contributed by atoms with Gasteiger partial charge in [-0.15, -0.1) is 0 Å². The average Bonchev–Trinajstić information content (AvgIpc) is 2.71. The smallest absolute Gasteiger partial charge is 0.0166 e. The third-order valence-corrected chi connectivity index (χ3v) is 4.16. The summed E-state index contributed by atoms with van der Waals surface area (Å²) in [6.45, 7) is 10.8. The van der Waals surface area contributed by atoms with E-state index in [1.165, 1.54) is 52.0 Å². The molecule has 2 nitrogen and oxygen atoms in total. The quantitative estimate of drug-likeness (QED) is 0.714. The lowest BCUT2D eigenvalue weighted by atomic mass is 9.83. The second kappa shape index (κ2) is 4.67. The molecular weight excluding hydrogens is 184 g/mol. The van der Waals surface area contributed by atoms with Crippen molar-refractivity contribution in [3.05, 3.63) is 11.6 Å². The van der Waals surface area contributed by atoms with Gasteiger partial charge in [0.05, 0.1) is 0 Å². The van der Waals surface area contributed by atoms with Crippen molar-refractivity contribution in [1.82, 2.24) is 10.2 Å². The Morgan fingerprint density at radius 1 is 1.53 bits per heavy atom. The van der Waals surface area contributed by atoms with Gasteiger partial charge >= 0.3 is 0 Å². The van der Waals surface area contributed by atoms with Crippen LogP contribution in [0.2, 0.25) is 0 Å². The fraction of sp³-hybridized carbons (Fsp3) is 0.846. The molecular formula is C13H24N2. The van der Waals surface area contributed by atoms with E-state index < -0.39 is 0 Å². The number of hydrogen-bond donors (Lipinski definition) is 1. The Labute approximate surface area is 93.7 Å². The zero-order valence-electron chi connectivity index (χ0n) is 10.2. The van der Waals surface area contributed by atoms with Gasteiger partial charge in [-0.3, -0.25) is 4.90 Å². The second-order valence-corrected chi connectivity index (χ2v) is 5.32. The van der Waals surface area contributed by atoms with E-state index in [-0.39, 0.29) is 0 Å². The van der Waals surface area contributed by atoms with Crippen molar-refractivity contribution in [2.75, 3.05) is 32.7 Å². The van der Waals surface area contributed by atoms with E-state index in [1.807, 2.05) is 0 Å². The van der Waals surface area contributed by atoms with Crippen molar-refractivity contribution in [1.29, 1.82) is 0 Å². The van der Waals surface area contributed by atoms with Crippen molar-refractivity contribution in [3.8, 4) is 0 Å². The Morgan fingerprint density at radius 2 is 2.40 bits per heavy atom. The maximum atomic E-state index is 3.52. The van der Waals surface area contributed by atoms with E-state index in [4.69, 9.17) is 0 Å². The van der Waals surface area contributed by atoms with Crippen LogP contribution in [0.5, 0.6) is 0 Å². The first-order valence-electron chi connectivity index (χ1n) is 6.33. The normalized spacial score (nSPS) is 33.1. The van der Waals surface area contributed by atoms with Gasteiger partial charge in [0.15, 0.2) is 0 Å². The van der Waals surface area contributed by atoms with Gasteiger partial charge < -0.3 is 5.32 Å². The van der Waals surface area contributed by atoms with E-state index in [9.17, 15) is 0 Å². The Balaban J connectivity index is 1.90. The molecule has 0 saturated carbocycles. The Morgan fingerprint density at radius 3 is 2.93 bits per heavy atom. The van der Waals surface area contributed by atoms with Crippen LogP contribution in [0.4, 0.5) is 0 Å². The summed E-state index contributed by atoms with van der Waals surface area (Å²) >= 11 is 0. The van der Waals surface area contributed by atoms with Crippen molar-refractivity contribution < 1.29 is 0 Å². The molecule has 1 saturated heterocycles. The predicted molar refractivity (Wildman–Crippen MR) is 65.0 cm³/mol. The van der Waals surface area contributed by atoms with E-state index >= 15 is 0 Å². The molecule has 86 valence electrons. The third kappa shape index (κ3) is 2.61. The average molecular weight is 208 g/mol. The summed E-state index contributed by atoms with van der Waals surface area (Å²) in [6.07, 6.45) is 6.35. The molecule has 1 fully saturated rings. The van der Waals surface area contributed by atoms with Gasteiger partial charge in [0.25, 0.3) is 0 Å². The molecule has 0 bridgehead atoms. The van der Waals surface area contributed by atoms with E-state index in [0.717, 1.165) is 0 Å². The molecule has 0 aromatic heterocycles. The van der Waals surface area contributed by atoms with Crippen LogP contribution in [0.3, 0.4) is 0 Å². The van der Waals surface area contributed by atoms with Crippen LogP contribution >= 0.6 is 0 Å². The van der Waals surface area contributed by atoms with E-state index in [0.29, 0.717) is 5.41 Å². The molecule has 0 radical (unpaired) electrons. The highest BCUT2D eigenvalue weighted by atomic mass is 15.1. The van der Waals surface area contributed by atoms with Crippen LogP contribution < -0.4 is 5.32 Å². The minimum Gasteiger partial charge on any atom is -0.316 e. The highest BCUT2D eigenvalue weighted by molar-refractivity contribution is 5.04.